The Morgan fingerprint density at radius 2 is 1.88 bits per heavy atom. The fourth-order valence-electron chi connectivity index (χ4n) is 4.56. The Morgan fingerprint density at radius 1 is 1.16 bits per heavy atom. The number of rotatable bonds is 4. The molecular formula is C19H36O5Si. The van der Waals surface area contributed by atoms with Gasteiger partial charge in [-0.1, -0.05) is 33.9 Å². The lowest BCUT2D eigenvalue weighted by Crippen LogP contribution is -2.56. The van der Waals surface area contributed by atoms with E-state index < -0.39 is 14.4 Å². The van der Waals surface area contributed by atoms with Crippen molar-refractivity contribution in [2.75, 3.05) is 6.61 Å². The predicted octanol–water partition coefficient (Wildman–Crippen LogP) is 3.05. The molecule has 3 aliphatic rings. The third-order valence-corrected chi connectivity index (χ3v) is 12.9. The van der Waals surface area contributed by atoms with Gasteiger partial charge >= 0.3 is 0 Å². The summed E-state index contributed by atoms with van der Waals surface area (Å²) in [4.78, 5) is 0. The first-order valence-electron chi connectivity index (χ1n) is 9.90. The van der Waals surface area contributed by atoms with Crippen molar-refractivity contribution in [2.45, 2.75) is 102 Å². The van der Waals surface area contributed by atoms with Crippen LogP contribution in [0.4, 0.5) is 0 Å². The summed E-state index contributed by atoms with van der Waals surface area (Å²) in [5.41, 5.74) is -0.384. The molecule has 2 heterocycles. The topological polar surface area (TPSA) is 68.2 Å². The van der Waals surface area contributed by atoms with Crippen LogP contribution in [0, 0.1) is 11.8 Å². The molecule has 0 spiro atoms. The van der Waals surface area contributed by atoms with Gasteiger partial charge in [0.15, 0.2) is 12.6 Å². The van der Waals surface area contributed by atoms with Gasteiger partial charge < -0.3 is 24.4 Å². The van der Waals surface area contributed by atoms with Crippen LogP contribution in [-0.2, 0) is 14.2 Å². The minimum Gasteiger partial charge on any atom is -0.396 e. The second-order valence-corrected chi connectivity index (χ2v) is 15.3. The molecule has 6 heteroatoms. The van der Waals surface area contributed by atoms with Crippen LogP contribution in [0.25, 0.3) is 0 Å². The molecule has 3 unspecified atom stereocenters. The van der Waals surface area contributed by atoms with E-state index >= 15 is 0 Å². The van der Waals surface area contributed by atoms with Crippen molar-refractivity contribution in [2.24, 2.45) is 11.8 Å². The molecule has 2 saturated heterocycles. The van der Waals surface area contributed by atoms with Gasteiger partial charge in [0.25, 0.3) is 0 Å². The molecule has 3 rings (SSSR count). The van der Waals surface area contributed by atoms with E-state index in [0.29, 0.717) is 6.42 Å². The average molecular weight is 373 g/mol. The highest BCUT2D eigenvalue weighted by molar-refractivity contribution is 6.81. The average Bonchev–Trinajstić information content (AvgIpc) is 3.01. The Morgan fingerprint density at radius 3 is 2.48 bits per heavy atom. The number of aliphatic hydroxyl groups is 2. The minimum atomic E-state index is -1.97. The number of fused-ring (bicyclic) bond motifs is 1. The van der Waals surface area contributed by atoms with Gasteiger partial charge in [0, 0.05) is 25.4 Å². The largest absolute Gasteiger partial charge is 0.396 e. The fourth-order valence-corrected chi connectivity index (χ4v) is 6.87. The summed E-state index contributed by atoms with van der Waals surface area (Å²) < 4.78 is 17.8. The van der Waals surface area contributed by atoms with E-state index in [1.165, 1.54) is 0 Å². The van der Waals surface area contributed by atoms with Crippen molar-refractivity contribution in [3.63, 3.8) is 0 Å². The minimum absolute atomic E-state index is 0.00647. The normalized spacial score (nSPS) is 40.9. The lowest BCUT2D eigenvalue weighted by atomic mass is 9.92. The lowest BCUT2D eigenvalue weighted by molar-refractivity contribution is -0.203. The first-order valence-corrected chi connectivity index (χ1v) is 13.0. The van der Waals surface area contributed by atoms with Crippen molar-refractivity contribution >= 4 is 8.07 Å². The van der Waals surface area contributed by atoms with Crippen molar-refractivity contribution in [3.05, 3.63) is 0 Å². The third-order valence-electron chi connectivity index (χ3n) is 7.17. The maximum absolute atomic E-state index is 11.4. The molecule has 1 aliphatic carbocycles. The van der Waals surface area contributed by atoms with Gasteiger partial charge in [-0.25, -0.2) is 0 Å². The van der Waals surface area contributed by atoms with Gasteiger partial charge in [0.1, 0.15) is 0 Å². The van der Waals surface area contributed by atoms with Gasteiger partial charge in [-0.3, -0.25) is 0 Å². The van der Waals surface area contributed by atoms with E-state index in [0.717, 1.165) is 32.3 Å². The summed E-state index contributed by atoms with van der Waals surface area (Å²) in [5.74, 6) is 0.196. The summed E-state index contributed by atoms with van der Waals surface area (Å²) in [6.07, 6.45) is 3.61. The molecule has 0 radical (unpaired) electrons. The molecule has 7 atom stereocenters. The van der Waals surface area contributed by atoms with Crippen LogP contribution in [0.2, 0.25) is 18.1 Å². The fraction of sp³-hybridized carbons (Fsp3) is 1.00. The molecule has 0 aromatic heterocycles. The van der Waals surface area contributed by atoms with E-state index in [-0.39, 0.29) is 41.1 Å². The number of ether oxygens (including phenoxy) is 3. The Hall–Kier alpha value is 0.0169. The Bertz CT molecular complexity index is 457. The maximum atomic E-state index is 11.4. The molecule has 0 amide bonds. The van der Waals surface area contributed by atoms with Crippen molar-refractivity contribution in [3.8, 4) is 0 Å². The standard InChI is InChI=1S/C19H36O5Si/c1-19(2,3)25(4,5)18(21)17-12-10-15(20)23-13(12)11-14(17)24-16-8-6-7-9-22-16/h12-18,20-21H,6-11H2,1-5H3/t12-,13-,14+,15?,16?,17-,18?/m0/s1. The molecule has 2 N–H and O–H groups in total. The van der Waals surface area contributed by atoms with Crippen LogP contribution in [0.5, 0.6) is 0 Å². The zero-order valence-corrected chi connectivity index (χ0v) is 17.4. The van der Waals surface area contributed by atoms with E-state index in [2.05, 4.69) is 33.9 Å². The van der Waals surface area contributed by atoms with E-state index in [1.807, 2.05) is 0 Å². The maximum Gasteiger partial charge on any atom is 0.157 e. The monoisotopic (exact) mass is 372 g/mol. The van der Waals surface area contributed by atoms with Crippen LogP contribution in [0.3, 0.4) is 0 Å². The van der Waals surface area contributed by atoms with Crippen molar-refractivity contribution in [1.29, 1.82) is 0 Å². The lowest BCUT2D eigenvalue weighted by Gasteiger charge is -2.45. The van der Waals surface area contributed by atoms with Crippen LogP contribution >= 0.6 is 0 Å². The smallest absolute Gasteiger partial charge is 0.157 e. The number of hydrogen-bond donors (Lipinski definition) is 2. The molecule has 0 bridgehead atoms. The summed E-state index contributed by atoms with van der Waals surface area (Å²) >= 11 is 0. The second-order valence-electron chi connectivity index (χ2n) is 9.73. The molecule has 0 aromatic carbocycles. The van der Waals surface area contributed by atoms with E-state index in [9.17, 15) is 10.2 Å². The van der Waals surface area contributed by atoms with Gasteiger partial charge in [-0.05, 0) is 30.2 Å². The van der Waals surface area contributed by atoms with Gasteiger partial charge in [0.2, 0.25) is 0 Å². The molecule has 25 heavy (non-hydrogen) atoms. The Labute approximate surface area is 153 Å². The summed E-state index contributed by atoms with van der Waals surface area (Å²) in [6.45, 7) is 12.0. The van der Waals surface area contributed by atoms with Gasteiger partial charge in [-0.15, -0.1) is 0 Å². The summed E-state index contributed by atoms with van der Waals surface area (Å²) in [5, 5.41) is 21.5. The van der Waals surface area contributed by atoms with Gasteiger partial charge in [0.05, 0.1) is 26.0 Å². The van der Waals surface area contributed by atoms with Crippen LogP contribution in [0.1, 0.15) is 52.9 Å². The quantitative estimate of drug-likeness (QED) is 0.743. The molecular weight excluding hydrogens is 336 g/mol. The van der Waals surface area contributed by atoms with Crippen LogP contribution < -0.4 is 0 Å². The number of aliphatic hydroxyl groups excluding tert-OH is 2. The zero-order valence-electron chi connectivity index (χ0n) is 16.4. The second kappa shape index (κ2) is 7.21. The molecule has 146 valence electrons. The molecule has 1 saturated carbocycles. The first-order chi connectivity index (χ1) is 11.6. The third kappa shape index (κ3) is 3.85. The SMILES string of the molecule is CC(C)(C)[Si](C)(C)C(O)[C@H]1[C@H]2CC(O)O[C@H]2C[C@H]1OC1CCCCO1. The molecule has 5 nitrogen and oxygen atoms in total. The highest BCUT2D eigenvalue weighted by atomic mass is 28.3. The number of hydrogen-bond acceptors (Lipinski definition) is 5. The Kier molecular flexibility index (Phi) is 5.70. The first kappa shape index (κ1) is 19.8. The Balaban J connectivity index is 1.79. The highest BCUT2D eigenvalue weighted by Crippen LogP contribution is 2.50. The van der Waals surface area contributed by atoms with Crippen molar-refractivity contribution in [1.82, 2.24) is 0 Å². The van der Waals surface area contributed by atoms with Gasteiger partial charge in [-0.2, -0.15) is 0 Å². The van der Waals surface area contributed by atoms with E-state index in [4.69, 9.17) is 14.2 Å². The predicted molar refractivity (Wildman–Crippen MR) is 98.8 cm³/mol. The van der Waals surface area contributed by atoms with Crippen LogP contribution in [-0.4, -0.2) is 55.4 Å². The van der Waals surface area contributed by atoms with Crippen LogP contribution in [0.15, 0.2) is 0 Å². The zero-order chi connectivity index (χ0) is 18.4. The summed E-state index contributed by atoms with van der Waals surface area (Å²) in [7, 11) is -1.97. The summed E-state index contributed by atoms with van der Waals surface area (Å²) in [6, 6.07) is 0. The molecule has 0 aromatic rings. The van der Waals surface area contributed by atoms with E-state index in [1.54, 1.807) is 0 Å². The highest BCUT2D eigenvalue weighted by Gasteiger charge is 2.57. The van der Waals surface area contributed by atoms with Crippen molar-refractivity contribution < 1.29 is 24.4 Å². The molecule has 2 aliphatic heterocycles. The molecule has 3 fully saturated rings.